The number of hydrogen-bond acceptors (Lipinski definition) is 2. The van der Waals surface area contributed by atoms with Gasteiger partial charge in [0.15, 0.2) is 0 Å². The maximum atomic E-state index is 12.0. The van der Waals surface area contributed by atoms with Crippen molar-refractivity contribution in [2.24, 2.45) is 5.41 Å². The Hall–Kier alpha value is -1.84. The van der Waals surface area contributed by atoms with Crippen LogP contribution >= 0.6 is 0 Å². The van der Waals surface area contributed by atoms with E-state index in [0.29, 0.717) is 18.5 Å². The van der Waals surface area contributed by atoms with Gasteiger partial charge in [-0.2, -0.15) is 0 Å². The first-order valence-corrected chi connectivity index (χ1v) is 6.70. The van der Waals surface area contributed by atoms with Crippen LogP contribution in [0.4, 0.5) is 5.69 Å². The summed E-state index contributed by atoms with van der Waals surface area (Å²) in [4.78, 5) is 23.1. The van der Waals surface area contributed by atoms with Gasteiger partial charge >= 0.3 is 5.97 Å². The standard InChI is InChI=1S/C15H19NO3/c1-3-10-5-6-12(9-11(10)4-2)16-13(17)15(7-8-15)14(18)19/h5-6,9H,3-4,7-8H2,1-2H3,(H,16,17)(H,18,19). The van der Waals surface area contributed by atoms with Crippen molar-refractivity contribution in [1.82, 2.24) is 0 Å². The first kappa shape index (κ1) is 13.6. The molecule has 1 aliphatic carbocycles. The Balaban J connectivity index is 2.16. The molecule has 1 saturated carbocycles. The smallest absolute Gasteiger partial charge is 0.319 e. The highest BCUT2D eigenvalue weighted by molar-refractivity contribution is 6.10. The molecule has 1 aliphatic rings. The van der Waals surface area contributed by atoms with Gasteiger partial charge in [-0.3, -0.25) is 9.59 Å². The Labute approximate surface area is 112 Å². The molecule has 4 heteroatoms. The van der Waals surface area contributed by atoms with Crippen molar-refractivity contribution >= 4 is 17.6 Å². The summed E-state index contributed by atoms with van der Waals surface area (Å²) in [5.74, 6) is -1.42. The molecule has 0 bridgehead atoms. The van der Waals surface area contributed by atoms with Crippen LogP contribution in [0.2, 0.25) is 0 Å². The largest absolute Gasteiger partial charge is 0.480 e. The molecule has 0 unspecified atom stereocenters. The number of hydrogen-bond donors (Lipinski definition) is 2. The number of carbonyl (C=O) groups is 2. The molecule has 1 fully saturated rings. The van der Waals surface area contributed by atoms with E-state index in [1.807, 2.05) is 18.2 Å². The highest BCUT2D eigenvalue weighted by atomic mass is 16.4. The van der Waals surface area contributed by atoms with Gasteiger partial charge < -0.3 is 10.4 Å². The molecule has 0 aliphatic heterocycles. The molecule has 102 valence electrons. The van der Waals surface area contributed by atoms with E-state index in [2.05, 4.69) is 19.2 Å². The number of carbonyl (C=O) groups excluding carboxylic acids is 1. The van der Waals surface area contributed by atoms with E-state index in [0.717, 1.165) is 12.8 Å². The minimum absolute atomic E-state index is 0.397. The van der Waals surface area contributed by atoms with Crippen LogP contribution in [0.15, 0.2) is 18.2 Å². The molecule has 2 N–H and O–H groups in total. The summed E-state index contributed by atoms with van der Waals surface area (Å²) in [6.07, 6.45) is 2.72. The third-order valence-electron chi connectivity index (χ3n) is 3.82. The van der Waals surface area contributed by atoms with Gasteiger partial charge in [0.1, 0.15) is 5.41 Å². The first-order chi connectivity index (χ1) is 9.03. The predicted octanol–water partition coefficient (Wildman–Crippen LogP) is 2.61. The second-order valence-corrected chi connectivity index (χ2v) is 5.03. The van der Waals surface area contributed by atoms with E-state index in [-0.39, 0.29) is 0 Å². The average molecular weight is 261 g/mol. The molecular weight excluding hydrogens is 242 g/mol. The third kappa shape index (κ3) is 2.48. The van der Waals surface area contributed by atoms with Gasteiger partial charge in [-0.25, -0.2) is 0 Å². The highest BCUT2D eigenvalue weighted by Gasteiger charge is 2.57. The molecule has 0 radical (unpaired) electrons. The third-order valence-corrected chi connectivity index (χ3v) is 3.82. The number of anilines is 1. The minimum Gasteiger partial charge on any atom is -0.480 e. The SMILES string of the molecule is CCc1ccc(NC(=O)C2(C(=O)O)CC2)cc1CC. The fraction of sp³-hybridized carbons (Fsp3) is 0.467. The summed E-state index contributed by atoms with van der Waals surface area (Å²) in [5, 5.41) is 11.8. The van der Waals surface area contributed by atoms with Crippen molar-refractivity contribution in [1.29, 1.82) is 0 Å². The maximum absolute atomic E-state index is 12.0. The van der Waals surface area contributed by atoms with Crippen LogP contribution in [-0.4, -0.2) is 17.0 Å². The van der Waals surface area contributed by atoms with Crippen molar-refractivity contribution < 1.29 is 14.7 Å². The lowest BCUT2D eigenvalue weighted by Crippen LogP contribution is -2.31. The Bertz CT molecular complexity index is 518. The fourth-order valence-electron chi connectivity index (χ4n) is 2.29. The van der Waals surface area contributed by atoms with E-state index in [1.54, 1.807) is 0 Å². The molecule has 4 nitrogen and oxygen atoms in total. The molecule has 1 aromatic rings. The second-order valence-electron chi connectivity index (χ2n) is 5.03. The van der Waals surface area contributed by atoms with Crippen LogP contribution in [0, 0.1) is 5.41 Å². The van der Waals surface area contributed by atoms with Gasteiger partial charge in [0, 0.05) is 5.69 Å². The van der Waals surface area contributed by atoms with E-state index in [9.17, 15) is 9.59 Å². The number of aryl methyl sites for hydroxylation is 2. The molecule has 19 heavy (non-hydrogen) atoms. The molecule has 1 amide bonds. The Kier molecular flexibility index (Phi) is 3.60. The summed E-state index contributed by atoms with van der Waals surface area (Å²) < 4.78 is 0. The fourth-order valence-corrected chi connectivity index (χ4v) is 2.29. The predicted molar refractivity (Wildman–Crippen MR) is 73.1 cm³/mol. The van der Waals surface area contributed by atoms with Gasteiger partial charge in [0.2, 0.25) is 5.91 Å². The molecule has 0 saturated heterocycles. The molecule has 0 heterocycles. The lowest BCUT2D eigenvalue weighted by molar-refractivity contribution is -0.147. The zero-order valence-corrected chi connectivity index (χ0v) is 11.3. The second kappa shape index (κ2) is 5.03. The van der Waals surface area contributed by atoms with E-state index < -0.39 is 17.3 Å². The molecule has 1 aromatic carbocycles. The monoisotopic (exact) mass is 261 g/mol. The van der Waals surface area contributed by atoms with Crippen LogP contribution in [0.3, 0.4) is 0 Å². The molecule has 0 spiro atoms. The van der Waals surface area contributed by atoms with Crippen molar-refractivity contribution in [3.8, 4) is 0 Å². The number of nitrogens with one attached hydrogen (secondary N) is 1. The number of rotatable bonds is 5. The van der Waals surface area contributed by atoms with Crippen LogP contribution in [0.25, 0.3) is 0 Å². The molecule has 0 atom stereocenters. The van der Waals surface area contributed by atoms with E-state index in [4.69, 9.17) is 5.11 Å². The first-order valence-electron chi connectivity index (χ1n) is 6.70. The van der Waals surface area contributed by atoms with Gasteiger partial charge in [-0.15, -0.1) is 0 Å². The van der Waals surface area contributed by atoms with Crippen molar-refractivity contribution in [3.05, 3.63) is 29.3 Å². The van der Waals surface area contributed by atoms with Crippen LogP contribution in [0.5, 0.6) is 0 Å². The zero-order valence-electron chi connectivity index (χ0n) is 11.3. The van der Waals surface area contributed by atoms with E-state index >= 15 is 0 Å². The number of amides is 1. The Morgan fingerprint density at radius 1 is 1.21 bits per heavy atom. The molecular formula is C15H19NO3. The lowest BCUT2D eigenvalue weighted by Gasteiger charge is -2.13. The highest BCUT2D eigenvalue weighted by Crippen LogP contribution is 2.46. The van der Waals surface area contributed by atoms with Crippen molar-refractivity contribution in [2.75, 3.05) is 5.32 Å². The van der Waals surface area contributed by atoms with Gasteiger partial charge in [0.05, 0.1) is 0 Å². The normalized spacial score (nSPS) is 15.9. The molecule has 0 aromatic heterocycles. The summed E-state index contributed by atoms with van der Waals surface area (Å²) in [6, 6.07) is 5.78. The number of aliphatic carboxylic acids is 1. The van der Waals surface area contributed by atoms with Crippen LogP contribution in [-0.2, 0) is 22.4 Å². The maximum Gasteiger partial charge on any atom is 0.319 e. The van der Waals surface area contributed by atoms with Crippen LogP contribution < -0.4 is 5.32 Å². The average Bonchev–Trinajstić information content (AvgIpc) is 3.20. The van der Waals surface area contributed by atoms with Crippen LogP contribution in [0.1, 0.15) is 37.8 Å². The number of carboxylic acids is 1. The summed E-state index contributed by atoms with van der Waals surface area (Å²) in [7, 11) is 0. The minimum atomic E-state index is -1.18. The Morgan fingerprint density at radius 3 is 2.32 bits per heavy atom. The summed E-state index contributed by atoms with van der Waals surface area (Å²) in [6.45, 7) is 4.16. The molecule has 2 rings (SSSR count). The van der Waals surface area contributed by atoms with Crippen molar-refractivity contribution in [3.63, 3.8) is 0 Å². The lowest BCUT2D eigenvalue weighted by atomic mass is 10.0. The van der Waals surface area contributed by atoms with Gasteiger partial charge in [-0.1, -0.05) is 19.9 Å². The quantitative estimate of drug-likeness (QED) is 0.801. The van der Waals surface area contributed by atoms with Gasteiger partial charge in [-0.05, 0) is 48.9 Å². The van der Waals surface area contributed by atoms with Gasteiger partial charge in [0.25, 0.3) is 0 Å². The number of benzene rings is 1. The summed E-state index contributed by atoms with van der Waals surface area (Å²) in [5.41, 5.74) is 1.96. The Morgan fingerprint density at radius 2 is 1.84 bits per heavy atom. The number of carboxylic acid groups (broad SMARTS) is 1. The van der Waals surface area contributed by atoms with Crippen molar-refractivity contribution in [2.45, 2.75) is 39.5 Å². The zero-order chi connectivity index (χ0) is 14.0. The summed E-state index contributed by atoms with van der Waals surface area (Å²) >= 11 is 0. The van der Waals surface area contributed by atoms with E-state index in [1.165, 1.54) is 11.1 Å². The topological polar surface area (TPSA) is 66.4 Å².